The third kappa shape index (κ3) is 2.86. The first-order valence-electron chi connectivity index (χ1n) is 4.34. The fourth-order valence-electron chi connectivity index (χ4n) is 1.14. The van der Waals surface area contributed by atoms with Crippen LogP contribution in [0.2, 0.25) is 0 Å². The summed E-state index contributed by atoms with van der Waals surface area (Å²) in [6.07, 6.45) is -0.997. The Morgan fingerprint density at radius 2 is 1.93 bits per heavy atom. The van der Waals surface area contributed by atoms with Gasteiger partial charge in [-0.3, -0.25) is 0 Å². The quantitative estimate of drug-likeness (QED) is 0.757. The van der Waals surface area contributed by atoms with Gasteiger partial charge in [-0.05, 0) is 24.6 Å². The number of aliphatic hydroxyl groups is 1. The largest absolute Gasteiger partial charge is 0.387 e. The van der Waals surface area contributed by atoms with E-state index in [1.807, 2.05) is 6.07 Å². The Hall–Kier alpha value is -1.22. The maximum Gasteiger partial charge on any atom is 0.158 e. The van der Waals surface area contributed by atoms with Crippen molar-refractivity contribution in [3.8, 4) is 6.07 Å². The molecule has 0 fully saturated rings. The van der Waals surface area contributed by atoms with Crippen molar-refractivity contribution in [3.05, 3.63) is 35.4 Å². The first kappa shape index (κ1) is 11.9. The second-order valence-electron chi connectivity index (χ2n) is 3.16. The van der Waals surface area contributed by atoms with Crippen molar-refractivity contribution in [2.75, 3.05) is 0 Å². The lowest BCUT2D eigenvalue weighted by molar-refractivity contribution is 0.175. The normalized spacial score (nSPS) is 16.4. The van der Waals surface area contributed by atoms with Crippen LogP contribution >= 0.6 is 0 Å². The van der Waals surface area contributed by atoms with E-state index in [1.54, 1.807) is 24.3 Å². The molecule has 0 aliphatic carbocycles. The van der Waals surface area contributed by atoms with E-state index in [4.69, 9.17) is 9.81 Å². The van der Waals surface area contributed by atoms with E-state index in [0.29, 0.717) is 11.1 Å². The summed E-state index contributed by atoms with van der Waals surface area (Å²) < 4.78 is 19.5. The SMILES string of the molecule is C[C@H]([C@H](O)c1ccc(C#N)cc1)S(=O)O. The number of nitrogens with zero attached hydrogens (tertiary/aromatic N) is 1. The predicted octanol–water partition coefficient (Wildman–Crippen LogP) is 1.20. The fourth-order valence-corrected chi connectivity index (χ4v) is 1.51. The molecule has 4 nitrogen and oxygen atoms in total. The fraction of sp³-hybridized carbons (Fsp3) is 0.300. The molecule has 0 bridgehead atoms. The predicted molar refractivity (Wildman–Crippen MR) is 56.4 cm³/mol. The highest BCUT2D eigenvalue weighted by Gasteiger charge is 2.20. The zero-order chi connectivity index (χ0) is 11.4. The average molecular weight is 225 g/mol. The number of aliphatic hydroxyl groups excluding tert-OH is 1. The first-order chi connectivity index (χ1) is 7.06. The van der Waals surface area contributed by atoms with Gasteiger partial charge < -0.3 is 9.66 Å². The Kier molecular flexibility index (Phi) is 3.97. The van der Waals surface area contributed by atoms with Crippen molar-refractivity contribution in [3.63, 3.8) is 0 Å². The van der Waals surface area contributed by atoms with Gasteiger partial charge in [0.25, 0.3) is 0 Å². The summed E-state index contributed by atoms with van der Waals surface area (Å²) in [5.74, 6) is 0. The molecule has 1 rings (SSSR count). The van der Waals surface area contributed by atoms with E-state index in [2.05, 4.69) is 0 Å². The molecule has 15 heavy (non-hydrogen) atoms. The maximum atomic E-state index is 10.7. The Morgan fingerprint density at radius 1 is 1.40 bits per heavy atom. The van der Waals surface area contributed by atoms with Gasteiger partial charge in [0, 0.05) is 0 Å². The van der Waals surface area contributed by atoms with Crippen molar-refractivity contribution >= 4 is 11.1 Å². The highest BCUT2D eigenvalue weighted by molar-refractivity contribution is 7.79. The van der Waals surface area contributed by atoms with Crippen LogP contribution < -0.4 is 0 Å². The minimum Gasteiger partial charge on any atom is -0.387 e. The summed E-state index contributed by atoms with van der Waals surface area (Å²) in [5, 5.41) is 17.5. The minimum atomic E-state index is -2.06. The molecular formula is C10H11NO3S. The van der Waals surface area contributed by atoms with E-state index >= 15 is 0 Å². The number of benzene rings is 1. The molecule has 0 radical (unpaired) electrons. The third-order valence-electron chi connectivity index (χ3n) is 2.14. The first-order valence-corrected chi connectivity index (χ1v) is 5.51. The number of rotatable bonds is 3. The Bertz CT molecular complexity index is 396. The lowest BCUT2D eigenvalue weighted by Gasteiger charge is -2.15. The summed E-state index contributed by atoms with van der Waals surface area (Å²) in [5.41, 5.74) is 1.02. The molecule has 0 aliphatic rings. The number of hydrogen-bond donors (Lipinski definition) is 2. The molecule has 0 saturated carbocycles. The average Bonchev–Trinajstić information content (AvgIpc) is 2.27. The highest BCUT2D eigenvalue weighted by Crippen LogP contribution is 2.19. The van der Waals surface area contributed by atoms with Gasteiger partial charge >= 0.3 is 0 Å². The zero-order valence-electron chi connectivity index (χ0n) is 8.12. The van der Waals surface area contributed by atoms with Gasteiger partial charge in [-0.1, -0.05) is 12.1 Å². The van der Waals surface area contributed by atoms with E-state index in [1.165, 1.54) is 6.92 Å². The van der Waals surface area contributed by atoms with E-state index < -0.39 is 22.4 Å². The minimum absolute atomic E-state index is 0.490. The molecule has 0 aromatic heterocycles. The van der Waals surface area contributed by atoms with Gasteiger partial charge in [0.1, 0.15) is 0 Å². The highest BCUT2D eigenvalue weighted by atomic mass is 32.2. The van der Waals surface area contributed by atoms with Gasteiger partial charge in [0.15, 0.2) is 11.1 Å². The Labute approximate surface area is 90.5 Å². The van der Waals surface area contributed by atoms with E-state index in [0.717, 1.165) is 0 Å². The summed E-state index contributed by atoms with van der Waals surface area (Å²) in [4.78, 5) is 0. The summed E-state index contributed by atoms with van der Waals surface area (Å²) in [6.45, 7) is 1.49. The molecule has 0 spiro atoms. The zero-order valence-corrected chi connectivity index (χ0v) is 8.94. The molecule has 3 atom stereocenters. The maximum absolute atomic E-state index is 10.7. The van der Waals surface area contributed by atoms with Crippen molar-refractivity contribution in [1.29, 1.82) is 5.26 Å². The molecule has 80 valence electrons. The molecule has 1 unspecified atom stereocenters. The van der Waals surface area contributed by atoms with Crippen molar-refractivity contribution in [2.24, 2.45) is 0 Å². The molecule has 0 saturated heterocycles. The van der Waals surface area contributed by atoms with Gasteiger partial charge in [-0.2, -0.15) is 5.26 Å². The molecule has 1 aromatic rings. The number of nitriles is 1. The molecule has 5 heteroatoms. The van der Waals surface area contributed by atoms with Crippen molar-refractivity contribution < 1.29 is 13.9 Å². The van der Waals surface area contributed by atoms with Crippen LogP contribution in [0, 0.1) is 11.3 Å². The Morgan fingerprint density at radius 3 is 2.33 bits per heavy atom. The smallest absolute Gasteiger partial charge is 0.158 e. The van der Waals surface area contributed by atoms with Crippen molar-refractivity contribution in [2.45, 2.75) is 18.3 Å². The second kappa shape index (κ2) is 5.03. The third-order valence-corrected chi connectivity index (χ3v) is 3.04. The molecule has 0 heterocycles. The van der Waals surface area contributed by atoms with E-state index in [9.17, 15) is 9.32 Å². The van der Waals surface area contributed by atoms with Gasteiger partial charge in [-0.25, -0.2) is 4.21 Å². The van der Waals surface area contributed by atoms with Crippen LogP contribution in [-0.2, 0) is 11.1 Å². The molecule has 0 aliphatic heterocycles. The van der Waals surface area contributed by atoms with Crippen LogP contribution in [0.15, 0.2) is 24.3 Å². The van der Waals surface area contributed by atoms with Crippen LogP contribution in [0.3, 0.4) is 0 Å². The standard InChI is InChI=1S/C10H11NO3S/c1-7(15(13)14)10(12)9-4-2-8(6-11)3-5-9/h2-5,7,10,12H,1H3,(H,13,14)/t7-,10+/m1/s1. The Balaban J connectivity index is 2.88. The summed E-state index contributed by atoms with van der Waals surface area (Å²) >= 11 is -2.06. The van der Waals surface area contributed by atoms with Gasteiger partial charge in [0.05, 0.1) is 23.0 Å². The van der Waals surface area contributed by atoms with Crippen LogP contribution in [-0.4, -0.2) is 19.1 Å². The second-order valence-corrected chi connectivity index (χ2v) is 4.46. The lowest BCUT2D eigenvalue weighted by atomic mass is 10.1. The van der Waals surface area contributed by atoms with Gasteiger partial charge in [0.2, 0.25) is 0 Å². The van der Waals surface area contributed by atoms with Crippen LogP contribution in [0.5, 0.6) is 0 Å². The van der Waals surface area contributed by atoms with Gasteiger partial charge in [-0.15, -0.1) is 0 Å². The molecular weight excluding hydrogens is 214 g/mol. The number of hydrogen-bond acceptors (Lipinski definition) is 3. The molecule has 0 amide bonds. The summed E-state index contributed by atoms with van der Waals surface area (Å²) in [6, 6.07) is 8.23. The van der Waals surface area contributed by atoms with Crippen LogP contribution in [0.1, 0.15) is 24.2 Å². The summed E-state index contributed by atoms with van der Waals surface area (Å²) in [7, 11) is 0. The van der Waals surface area contributed by atoms with Crippen molar-refractivity contribution in [1.82, 2.24) is 0 Å². The van der Waals surface area contributed by atoms with E-state index in [-0.39, 0.29) is 0 Å². The molecule has 2 N–H and O–H groups in total. The molecule has 1 aromatic carbocycles. The van der Waals surface area contributed by atoms with Crippen LogP contribution in [0.25, 0.3) is 0 Å². The topological polar surface area (TPSA) is 81.3 Å². The monoisotopic (exact) mass is 225 g/mol. The van der Waals surface area contributed by atoms with Crippen LogP contribution in [0.4, 0.5) is 0 Å². The lowest BCUT2D eigenvalue weighted by Crippen LogP contribution is -2.19.